The number of carboxylic acids is 1. The molecule has 0 spiro atoms. The molecular formula is C27H26N2O3. The molecule has 162 valence electrons. The third kappa shape index (κ3) is 5.64. The molecule has 0 atom stereocenters. The first-order chi connectivity index (χ1) is 15.6. The van der Waals surface area contributed by atoms with Gasteiger partial charge >= 0.3 is 5.97 Å². The van der Waals surface area contributed by atoms with E-state index in [-0.39, 0.29) is 6.42 Å². The first kappa shape index (κ1) is 21.4. The first-order valence-electron chi connectivity index (χ1n) is 10.7. The number of carbonyl (C=O) groups is 1. The topological polar surface area (TPSA) is 64.4 Å². The van der Waals surface area contributed by atoms with Gasteiger partial charge in [0.05, 0.1) is 12.2 Å². The zero-order valence-electron chi connectivity index (χ0n) is 18.1. The summed E-state index contributed by atoms with van der Waals surface area (Å²) in [6, 6.07) is 28.3. The number of nitrogens with zero attached hydrogens (tertiary/aromatic N) is 2. The molecule has 32 heavy (non-hydrogen) atoms. The highest BCUT2D eigenvalue weighted by Crippen LogP contribution is 2.20. The predicted molar refractivity (Wildman–Crippen MR) is 125 cm³/mol. The highest BCUT2D eigenvalue weighted by Gasteiger charge is 2.07. The quantitative estimate of drug-likeness (QED) is 0.384. The maximum absolute atomic E-state index is 10.7. The molecule has 3 aromatic carbocycles. The van der Waals surface area contributed by atoms with Crippen LogP contribution in [0.5, 0.6) is 5.75 Å². The molecule has 0 amide bonds. The molecule has 0 unspecified atom stereocenters. The smallest absolute Gasteiger partial charge is 0.303 e. The van der Waals surface area contributed by atoms with Gasteiger partial charge in [-0.1, -0.05) is 66.7 Å². The summed E-state index contributed by atoms with van der Waals surface area (Å²) < 4.78 is 7.90. The molecule has 0 bridgehead atoms. The fraction of sp³-hybridized carbons (Fsp3) is 0.185. The van der Waals surface area contributed by atoms with E-state index in [4.69, 9.17) is 14.9 Å². The van der Waals surface area contributed by atoms with Gasteiger partial charge in [-0.3, -0.25) is 9.48 Å². The number of benzene rings is 3. The molecule has 0 saturated heterocycles. The van der Waals surface area contributed by atoms with Gasteiger partial charge in [-0.25, -0.2) is 0 Å². The lowest BCUT2D eigenvalue weighted by molar-refractivity contribution is -0.136. The van der Waals surface area contributed by atoms with Crippen LogP contribution in [-0.4, -0.2) is 20.9 Å². The number of hydrogen-bond acceptors (Lipinski definition) is 3. The van der Waals surface area contributed by atoms with Crippen LogP contribution in [0.3, 0.4) is 0 Å². The van der Waals surface area contributed by atoms with Gasteiger partial charge in [0.25, 0.3) is 0 Å². The Labute approximate surface area is 187 Å². The minimum absolute atomic E-state index is 0.137. The van der Waals surface area contributed by atoms with Crippen molar-refractivity contribution in [3.63, 3.8) is 0 Å². The van der Waals surface area contributed by atoms with Gasteiger partial charge in [-0.15, -0.1) is 0 Å². The van der Waals surface area contributed by atoms with Crippen molar-refractivity contribution < 1.29 is 14.6 Å². The molecular weight excluding hydrogens is 400 g/mol. The van der Waals surface area contributed by atoms with Crippen molar-refractivity contribution in [1.29, 1.82) is 0 Å². The Hall–Kier alpha value is -3.86. The summed E-state index contributed by atoms with van der Waals surface area (Å²) in [6.07, 6.45) is 0.665. The largest absolute Gasteiger partial charge is 0.489 e. The fourth-order valence-electron chi connectivity index (χ4n) is 3.50. The van der Waals surface area contributed by atoms with E-state index in [1.807, 2.05) is 47.1 Å². The standard InChI is InChI=1S/C27H26N2O3/c1-20-17-26(24-5-3-2-4-6-24)28-29(20)18-22-7-9-23(10-8-22)19-32-25-14-11-21(12-15-25)13-16-27(30)31/h2-12,14-15,17H,13,16,18-19H2,1H3,(H,30,31). The lowest BCUT2D eigenvalue weighted by Crippen LogP contribution is -2.04. The normalized spacial score (nSPS) is 10.8. The van der Waals surface area contributed by atoms with Crippen LogP contribution < -0.4 is 4.74 Å². The summed E-state index contributed by atoms with van der Waals surface area (Å²) in [5.74, 6) is -0.0121. The summed E-state index contributed by atoms with van der Waals surface area (Å²) in [5.41, 5.74) is 6.50. The van der Waals surface area contributed by atoms with Crippen molar-refractivity contribution >= 4 is 5.97 Å². The second kappa shape index (κ2) is 9.96. The molecule has 5 heteroatoms. The highest BCUT2D eigenvalue weighted by atomic mass is 16.5. The van der Waals surface area contributed by atoms with E-state index in [2.05, 4.69) is 49.4 Å². The maximum Gasteiger partial charge on any atom is 0.303 e. The Morgan fingerprint density at radius 3 is 2.25 bits per heavy atom. The van der Waals surface area contributed by atoms with Gasteiger partial charge in [0.2, 0.25) is 0 Å². The SMILES string of the molecule is Cc1cc(-c2ccccc2)nn1Cc1ccc(COc2ccc(CCC(=O)O)cc2)cc1. The van der Waals surface area contributed by atoms with Crippen molar-refractivity contribution in [2.75, 3.05) is 0 Å². The number of hydrogen-bond donors (Lipinski definition) is 1. The monoisotopic (exact) mass is 426 g/mol. The van der Waals surface area contributed by atoms with E-state index in [9.17, 15) is 4.79 Å². The van der Waals surface area contributed by atoms with Crippen molar-refractivity contribution in [2.45, 2.75) is 32.9 Å². The molecule has 1 aromatic heterocycles. The Morgan fingerprint density at radius 2 is 1.56 bits per heavy atom. The number of aryl methyl sites for hydroxylation is 2. The first-order valence-corrected chi connectivity index (χ1v) is 10.7. The number of carboxylic acid groups (broad SMARTS) is 1. The molecule has 0 aliphatic rings. The van der Waals surface area contributed by atoms with Crippen LogP contribution in [0.1, 0.15) is 28.8 Å². The fourth-order valence-corrected chi connectivity index (χ4v) is 3.50. The highest BCUT2D eigenvalue weighted by molar-refractivity contribution is 5.67. The summed E-state index contributed by atoms with van der Waals surface area (Å²) in [4.78, 5) is 10.7. The average Bonchev–Trinajstić information content (AvgIpc) is 3.18. The van der Waals surface area contributed by atoms with E-state index < -0.39 is 5.97 Å². The van der Waals surface area contributed by atoms with Crippen LogP contribution >= 0.6 is 0 Å². The van der Waals surface area contributed by atoms with Gasteiger partial charge in [-0.2, -0.15) is 5.10 Å². The van der Waals surface area contributed by atoms with Crippen LogP contribution in [0, 0.1) is 6.92 Å². The minimum Gasteiger partial charge on any atom is -0.489 e. The van der Waals surface area contributed by atoms with E-state index in [1.54, 1.807) is 0 Å². The van der Waals surface area contributed by atoms with Crippen molar-refractivity contribution in [3.05, 3.63) is 107 Å². The van der Waals surface area contributed by atoms with Crippen LogP contribution in [0.25, 0.3) is 11.3 Å². The zero-order chi connectivity index (χ0) is 22.3. The zero-order valence-corrected chi connectivity index (χ0v) is 18.1. The molecule has 0 aliphatic carbocycles. The Balaban J connectivity index is 1.33. The molecule has 0 fully saturated rings. The molecule has 0 aliphatic heterocycles. The van der Waals surface area contributed by atoms with E-state index in [0.29, 0.717) is 13.0 Å². The predicted octanol–water partition coefficient (Wildman–Crippen LogP) is 5.50. The molecule has 4 rings (SSSR count). The van der Waals surface area contributed by atoms with Crippen molar-refractivity contribution in [1.82, 2.24) is 9.78 Å². The third-order valence-electron chi connectivity index (χ3n) is 5.36. The Bertz CT molecular complexity index is 1160. The molecule has 1 N–H and O–H groups in total. The number of rotatable bonds is 9. The third-order valence-corrected chi connectivity index (χ3v) is 5.36. The van der Waals surface area contributed by atoms with Crippen molar-refractivity contribution in [3.8, 4) is 17.0 Å². The van der Waals surface area contributed by atoms with Gasteiger partial charge < -0.3 is 9.84 Å². The molecule has 1 heterocycles. The van der Waals surface area contributed by atoms with Gasteiger partial charge in [0, 0.05) is 17.7 Å². The molecule has 0 radical (unpaired) electrons. The van der Waals surface area contributed by atoms with Crippen LogP contribution in [0.15, 0.2) is 84.9 Å². The number of aromatic nitrogens is 2. The number of ether oxygens (including phenoxy) is 1. The summed E-state index contributed by atoms with van der Waals surface area (Å²) in [6.45, 7) is 3.28. The minimum atomic E-state index is -0.784. The average molecular weight is 427 g/mol. The van der Waals surface area contributed by atoms with E-state index in [1.165, 1.54) is 5.56 Å². The summed E-state index contributed by atoms with van der Waals surface area (Å²) in [7, 11) is 0. The Morgan fingerprint density at radius 1 is 0.906 bits per heavy atom. The Kier molecular flexibility index (Phi) is 6.66. The van der Waals surface area contributed by atoms with Crippen molar-refractivity contribution in [2.24, 2.45) is 0 Å². The van der Waals surface area contributed by atoms with Gasteiger partial charge in [0.15, 0.2) is 0 Å². The van der Waals surface area contributed by atoms with Crippen LogP contribution in [0.4, 0.5) is 0 Å². The molecule has 4 aromatic rings. The molecule has 0 saturated carbocycles. The molecule has 5 nitrogen and oxygen atoms in total. The van der Waals surface area contributed by atoms with Gasteiger partial charge in [-0.05, 0) is 48.2 Å². The van der Waals surface area contributed by atoms with Crippen LogP contribution in [0.2, 0.25) is 0 Å². The second-order valence-corrected chi connectivity index (χ2v) is 7.84. The maximum atomic E-state index is 10.7. The second-order valence-electron chi connectivity index (χ2n) is 7.84. The van der Waals surface area contributed by atoms with Crippen LogP contribution in [-0.2, 0) is 24.4 Å². The summed E-state index contributed by atoms with van der Waals surface area (Å²) >= 11 is 0. The van der Waals surface area contributed by atoms with E-state index in [0.717, 1.165) is 40.4 Å². The van der Waals surface area contributed by atoms with Gasteiger partial charge in [0.1, 0.15) is 12.4 Å². The number of aliphatic carboxylic acids is 1. The lowest BCUT2D eigenvalue weighted by atomic mass is 10.1. The summed E-state index contributed by atoms with van der Waals surface area (Å²) in [5, 5.41) is 13.5. The van der Waals surface area contributed by atoms with E-state index >= 15 is 0 Å². The lowest BCUT2D eigenvalue weighted by Gasteiger charge is -2.09.